The molecule has 0 atom stereocenters. The Morgan fingerprint density at radius 2 is 2.12 bits per heavy atom. The number of nitrogens with one attached hydrogen (secondary N) is 1. The van der Waals surface area contributed by atoms with Gasteiger partial charge in [0.2, 0.25) is 0 Å². The molecule has 0 aliphatic carbocycles. The summed E-state index contributed by atoms with van der Waals surface area (Å²) in [6, 6.07) is 8.57. The highest BCUT2D eigenvalue weighted by Crippen LogP contribution is 2.09. The molecule has 0 fully saturated rings. The number of nitrogens with two attached hydrogens (primary N) is 1. The van der Waals surface area contributed by atoms with Crippen LogP contribution in [0.25, 0.3) is 0 Å². The molecule has 5 nitrogen and oxygen atoms in total. The van der Waals surface area contributed by atoms with Crippen LogP contribution in [0.1, 0.15) is 12.0 Å². The molecule has 0 bridgehead atoms. The highest BCUT2D eigenvalue weighted by Gasteiger charge is 2.07. The summed E-state index contributed by atoms with van der Waals surface area (Å²) in [6.45, 7) is 1.19. The van der Waals surface area contributed by atoms with Crippen molar-refractivity contribution in [2.75, 3.05) is 25.5 Å². The van der Waals surface area contributed by atoms with Gasteiger partial charge in [-0.1, -0.05) is 0 Å². The zero-order valence-electron chi connectivity index (χ0n) is 9.81. The van der Waals surface area contributed by atoms with E-state index in [-0.39, 0.29) is 6.03 Å². The Hall–Kier alpha value is -2.06. The summed E-state index contributed by atoms with van der Waals surface area (Å²) in [5, 5.41) is 11.4. The van der Waals surface area contributed by atoms with Crippen molar-refractivity contribution in [3.05, 3.63) is 29.8 Å². The molecule has 5 heteroatoms. The van der Waals surface area contributed by atoms with Crippen molar-refractivity contribution < 1.29 is 4.79 Å². The molecule has 17 heavy (non-hydrogen) atoms. The van der Waals surface area contributed by atoms with Crippen LogP contribution in [-0.2, 0) is 0 Å². The number of rotatable bonds is 4. The quantitative estimate of drug-likeness (QED) is 0.822. The van der Waals surface area contributed by atoms with Crippen LogP contribution in [-0.4, -0.2) is 31.1 Å². The molecule has 1 aromatic rings. The SMILES string of the molecule is CN(CCCN)C(=O)Nc1ccc(C#N)cc1. The second-order valence-electron chi connectivity index (χ2n) is 3.68. The summed E-state index contributed by atoms with van der Waals surface area (Å²) in [4.78, 5) is 13.3. The number of benzene rings is 1. The van der Waals surface area contributed by atoms with Crippen LogP contribution in [0.2, 0.25) is 0 Å². The first-order valence-electron chi connectivity index (χ1n) is 5.39. The van der Waals surface area contributed by atoms with Gasteiger partial charge in [-0.3, -0.25) is 0 Å². The second-order valence-corrected chi connectivity index (χ2v) is 3.68. The predicted molar refractivity (Wildman–Crippen MR) is 66.5 cm³/mol. The molecule has 1 aromatic carbocycles. The number of amides is 2. The van der Waals surface area contributed by atoms with E-state index in [0.717, 1.165) is 6.42 Å². The van der Waals surface area contributed by atoms with Gasteiger partial charge in [0.15, 0.2) is 0 Å². The molecular formula is C12H16N4O. The first-order valence-corrected chi connectivity index (χ1v) is 5.39. The Labute approximate surface area is 101 Å². The normalized spacial score (nSPS) is 9.47. The number of nitriles is 1. The van der Waals surface area contributed by atoms with Crippen molar-refractivity contribution >= 4 is 11.7 Å². The molecule has 0 radical (unpaired) electrons. The maximum Gasteiger partial charge on any atom is 0.321 e. The maximum atomic E-state index is 11.7. The van der Waals surface area contributed by atoms with E-state index < -0.39 is 0 Å². The average molecular weight is 232 g/mol. The molecule has 0 unspecified atom stereocenters. The minimum atomic E-state index is -0.178. The van der Waals surface area contributed by atoms with Crippen molar-refractivity contribution in [3.8, 4) is 6.07 Å². The van der Waals surface area contributed by atoms with Crippen LogP contribution < -0.4 is 11.1 Å². The molecule has 90 valence electrons. The minimum Gasteiger partial charge on any atom is -0.330 e. The van der Waals surface area contributed by atoms with Gasteiger partial charge in [0.05, 0.1) is 11.6 Å². The number of carbonyl (C=O) groups excluding carboxylic acids is 1. The van der Waals surface area contributed by atoms with Gasteiger partial charge in [0, 0.05) is 19.3 Å². The third kappa shape index (κ3) is 4.13. The van der Waals surface area contributed by atoms with Crippen LogP contribution in [0.5, 0.6) is 0 Å². The number of anilines is 1. The van der Waals surface area contributed by atoms with Gasteiger partial charge >= 0.3 is 6.03 Å². The van der Waals surface area contributed by atoms with Crippen molar-refractivity contribution in [2.24, 2.45) is 5.73 Å². The molecule has 3 N–H and O–H groups in total. The summed E-state index contributed by atoms with van der Waals surface area (Å²) < 4.78 is 0. The minimum absolute atomic E-state index is 0.178. The van der Waals surface area contributed by atoms with E-state index in [0.29, 0.717) is 24.3 Å². The van der Waals surface area contributed by atoms with Gasteiger partial charge in [-0.2, -0.15) is 5.26 Å². The first-order chi connectivity index (χ1) is 8.17. The van der Waals surface area contributed by atoms with Gasteiger partial charge in [-0.15, -0.1) is 0 Å². The zero-order valence-corrected chi connectivity index (χ0v) is 9.81. The Morgan fingerprint density at radius 1 is 1.47 bits per heavy atom. The van der Waals surface area contributed by atoms with Gasteiger partial charge in [0.25, 0.3) is 0 Å². The highest BCUT2D eigenvalue weighted by molar-refractivity contribution is 5.89. The van der Waals surface area contributed by atoms with Crippen molar-refractivity contribution in [1.29, 1.82) is 5.26 Å². The maximum absolute atomic E-state index is 11.7. The van der Waals surface area contributed by atoms with E-state index in [1.807, 2.05) is 6.07 Å². The molecule has 0 saturated carbocycles. The smallest absolute Gasteiger partial charge is 0.321 e. The van der Waals surface area contributed by atoms with Crippen LogP contribution >= 0.6 is 0 Å². The lowest BCUT2D eigenvalue weighted by atomic mass is 10.2. The predicted octanol–water partition coefficient (Wildman–Crippen LogP) is 1.37. The summed E-state index contributed by atoms with van der Waals surface area (Å²) in [5.74, 6) is 0. The Morgan fingerprint density at radius 3 is 2.65 bits per heavy atom. The van der Waals surface area contributed by atoms with E-state index in [4.69, 9.17) is 11.0 Å². The summed E-state index contributed by atoms with van der Waals surface area (Å²) >= 11 is 0. The lowest BCUT2D eigenvalue weighted by Crippen LogP contribution is -2.32. The number of nitrogens with zero attached hydrogens (tertiary/aromatic N) is 2. The van der Waals surface area contributed by atoms with Crippen LogP contribution in [0.3, 0.4) is 0 Å². The number of hydrogen-bond donors (Lipinski definition) is 2. The summed E-state index contributed by atoms with van der Waals surface area (Å²) in [5.41, 5.74) is 6.62. The van der Waals surface area contributed by atoms with Gasteiger partial charge < -0.3 is 16.0 Å². The first kappa shape index (κ1) is 13.0. The Balaban J connectivity index is 2.52. The molecule has 0 spiro atoms. The lowest BCUT2D eigenvalue weighted by Gasteiger charge is -2.17. The third-order valence-electron chi connectivity index (χ3n) is 2.31. The fourth-order valence-electron chi connectivity index (χ4n) is 1.28. The topological polar surface area (TPSA) is 82.2 Å². The second kappa shape index (κ2) is 6.51. The fraction of sp³-hybridized carbons (Fsp3) is 0.333. The zero-order chi connectivity index (χ0) is 12.7. The average Bonchev–Trinajstić information content (AvgIpc) is 2.36. The van der Waals surface area contributed by atoms with Crippen LogP contribution in [0.15, 0.2) is 24.3 Å². The highest BCUT2D eigenvalue weighted by atomic mass is 16.2. The van der Waals surface area contributed by atoms with E-state index in [1.54, 1.807) is 36.2 Å². The van der Waals surface area contributed by atoms with Gasteiger partial charge in [0.1, 0.15) is 0 Å². The Kier molecular flexibility index (Phi) is 4.98. The standard InChI is InChI=1S/C12H16N4O/c1-16(8-2-7-13)12(17)15-11-5-3-10(9-14)4-6-11/h3-6H,2,7-8,13H2,1H3,(H,15,17). The van der Waals surface area contributed by atoms with E-state index in [9.17, 15) is 4.79 Å². The van der Waals surface area contributed by atoms with Crippen molar-refractivity contribution in [3.63, 3.8) is 0 Å². The Bertz CT molecular complexity index is 408. The molecule has 0 heterocycles. The van der Waals surface area contributed by atoms with E-state index in [2.05, 4.69) is 5.32 Å². The molecule has 1 rings (SSSR count). The number of carbonyl (C=O) groups is 1. The molecule has 0 saturated heterocycles. The van der Waals surface area contributed by atoms with E-state index in [1.165, 1.54) is 0 Å². The molecule has 0 aromatic heterocycles. The van der Waals surface area contributed by atoms with Crippen molar-refractivity contribution in [1.82, 2.24) is 4.90 Å². The molecule has 0 aliphatic heterocycles. The molecule has 0 aliphatic rings. The lowest BCUT2D eigenvalue weighted by molar-refractivity contribution is 0.222. The van der Waals surface area contributed by atoms with E-state index >= 15 is 0 Å². The monoisotopic (exact) mass is 232 g/mol. The summed E-state index contributed by atoms with van der Waals surface area (Å²) in [6.07, 6.45) is 0.775. The molecular weight excluding hydrogens is 216 g/mol. The van der Waals surface area contributed by atoms with Crippen LogP contribution in [0.4, 0.5) is 10.5 Å². The van der Waals surface area contributed by atoms with Gasteiger partial charge in [-0.05, 0) is 37.2 Å². The van der Waals surface area contributed by atoms with Gasteiger partial charge in [-0.25, -0.2) is 4.79 Å². The van der Waals surface area contributed by atoms with Crippen LogP contribution in [0, 0.1) is 11.3 Å². The number of hydrogen-bond acceptors (Lipinski definition) is 3. The fourth-order valence-corrected chi connectivity index (χ4v) is 1.28. The summed E-state index contributed by atoms with van der Waals surface area (Å²) in [7, 11) is 1.72. The molecule has 2 amide bonds. The number of urea groups is 1. The van der Waals surface area contributed by atoms with Crippen molar-refractivity contribution in [2.45, 2.75) is 6.42 Å². The largest absolute Gasteiger partial charge is 0.330 e. The third-order valence-corrected chi connectivity index (χ3v) is 2.31.